The molecule has 284 valence electrons. The molecule has 12 aliphatic carbocycles. The molecule has 0 radical (unpaired) electrons. The van der Waals surface area contributed by atoms with Crippen LogP contribution in [-0.4, -0.2) is 78.0 Å². The van der Waals surface area contributed by atoms with Crippen LogP contribution in [0.3, 0.4) is 0 Å². The summed E-state index contributed by atoms with van der Waals surface area (Å²) in [7, 11) is 0. The van der Waals surface area contributed by atoms with Crippen LogP contribution in [0.2, 0.25) is 0 Å². The van der Waals surface area contributed by atoms with Crippen molar-refractivity contribution < 1.29 is 52.8 Å². The number of ether oxygens (including phenoxy) is 5. The van der Waals surface area contributed by atoms with Gasteiger partial charge in [-0.25, -0.2) is 4.79 Å². The van der Waals surface area contributed by atoms with Crippen molar-refractivity contribution in [3.8, 4) is 0 Å². The van der Waals surface area contributed by atoms with Crippen LogP contribution in [0.5, 0.6) is 0 Å². The number of ketones is 2. The number of hydrogen-bond donors (Lipinski definition) is 1. The fourth-order valence-corrected chi connectivity index (χ4v) is 14.6. The molecule has 0 aromatic heterocycles. The van der Waals surface area contributed by atoms with E-state index in [1.54, 1.807) is 0 Å². The predicted octanol–water partition coefficient (Wildman–Crippen LogP) is 4.48. The summed E-state index contributed by atoms with van der Waals surface area (Å²) in [4.78, 5) is 66.2. The van der Waals surface area contributed by atoms with Gasteiger partial charge < -0.3 is 28.8 Å². The number of Topliss-reactive ketones (excluding diaryl/α,β-unsaturated/α-hetero) is 2. The maximum absolute atomic E-state index is 14.0. The maximum atomic E-state index is 14.0. The van der Waals surface area contributed by atoms with Gasteiger partial charge >= 0.3 is 17.9 Å². The van der Waals surface area contributed by atoms with Crippen LogP contribution in [0.25, 0.3) is 0 Å². The minimum Gasteiger partial charge on any atom is -0.463 e. The first-order valence-electron chi connectivity index (χ1n) is 20.3. The highest BCUT2D eigenvalue weighted by Gasteiger charge is 2.69. The molecule has 0 aromatic carbocycles. The fraction of sp³-hybridized carbons (Fsp3) is 0.878. The zero-order chi connectivity index (χ0) is 36.0. The predicted molar refractivity (Wildman–Crippen MR) is 180 cm³/mol. The highest BCUT2D eigenvalue weighted by Crippen LogP contribution is 2.67. The molecule has 13 aliphatic rings. The standard InChI is InChI=1S/C41H54O11/c1-37(2,47)34(44)50-20-38-9-23-7-28(16-38)41(29(8-23)17-38)51-30(18-48-35(45)39-10-21-3-24(12-39)32(42)25(4-21)13-39)31(52-41)19-49-36(46)40-11-22-5-26(14-40)33(43)27(6-22)15-40/h21-31,47H,3-20H2,1-2H3. The number of esters is 3. The summed E-state index contributed by atoms with van der Waals surface area (Å²) in [5.41, 5.74) is -3.01. The van der Waals surface area contributed by atoms with E-state index in [2.05, 4.69) is 0 Å². The molecule has 1 heterocycles. The largest absolute Gasteiger partial charge is 0.463 e. The highest BCUT2D eigenvalue weighted by molar-refractivity contribution is 5.90. The van der Waals surface area contributed by atoms with Crippen molar-refractivity contribution in [3.05, 3.63) is 0 Å². The van der Waals surface area contributed by atoms with Crippen LogP contribution < -0.4 is 0 Å². The first kappa shape index (κ1) is 34.1. The summed E-state index contributed by atoms with van der Waals surface area (Å²) in [6, 6.07) is 0. The van der Waals surface area contributed by atoms with Crippen LogP contribution in [0.1, 0.15) is 110 Å². The lowest BCUT2D eigenvalue weighted by Crippen LogP contribution is -2.63. The Kier molecular flexibility index (Phi) is 7.45. The Balaban J connectivity index is 0.871. The van der Waals surface area contributed by atoms with Crippen LogP contribution in [0, 0.1) is 69.5 Å². The molecule has 52 heavy (non-hydrogen) atoms. The van der Waals surface area contributed by atoms with Gasteiger partial charge in [0.2, 0.25) is 0 Å². The Morgan fingerprint density at radius 3 is 1.48 bits per heavy atom. The molecule has 1 aliphatic heterocycles. The number of carbonyl (C=O) groups is 5. The average molecular weight is 723 g/mol. The molecule has 0 aromatic rings. The summed E-state index contributed by atoms with van der Waals surface area (Å²) in [6.07, 6.45) is 10.4. The summed E-state index contributed by atoms with van der Waals surface area (Å²) in [5.74, 6) is -0.229. The molecule has 13 fully saturated rings. The first-order valence-corrected chi connectivity index (χ1v) is 20.3. The van der Waals surface area contributed by atoms with E-state index in [1.807, 2.05) is 0 Å². The zero-order valence-electron chi connectivity index (χ0n) is 30.6. The molecular weight excluding hydrogens is 668 g/mol. The van der Waals surface area contributed by atoms with E-state index in [0.717, 1.165) is 70.6 Å². The van der Waals surface area contributed by atoms with E-state index in [0.29, 0.717) is 55.0 Å². The van der Waals surface area contributed by atoms with Crippen molar-refractivity contribution in [2.75, 3.05) is 19.8 Å². The number of aliphatic hydroxyl groups is 1. The van der Waals surface area contributed by atoms with Gasteiger partial charge in [0.05, 0.1) is 17.4 Å². The smallest absolute Gasteiger partial charge is 0.337 e. The van der Waals surface area contributed by atoms with Crippen molar-refractivity contribution in [1.82, 2.24) is 0 Å². The van der Waals surface area contributed by atoms with Crippen molar-refractivity contribution in [2.24, 2.45) is 69.5 Å². The van der Waals surface area contributed by atoms with E-state index in [9.17, 15) is 29.1 Å². The van der Waals surface area contributed by atoms with Gasteiger partial charge in [0, 0.05) is 40.9 Å². The molecule has 12 bridgehead atoms. The van der Waals surface area contributed by atoms with E-state index in [-0.39, 0.29) is 72.7 Å². The monoisotopic (exact) mass is 722 g/mol. The van der Waals surface area contributed by atoms with Crippen LogP contribution >= 0.6 is 0 Å². The first-order chi connectivity index (χ1) is 24.7. The molecule has 1 spiro atoms. The normalized spacial score (nSPS) is 50.3. The summed E-state index contributed by atoms with van der Waals surface area (Å²) in [6.45, 7) is 3.10. The third-order valence-electron chi connectivity index (χ3n) is 16.2. The number of rotatable bonds is 9. The molecule has 11 heteroatoms. The van der Waals surface area contributed by atoms with Gasteiger partial charge in [-0.15, -0.1) is 0 Å². The topological polar surface area (TPSA) is 152 Å². The van der Waals surface area contributed by atoms with Gasteiger partial charge in [0.25, 0.3) is 0 Å². The van der Waals surface area contributed by atoms with Crippen molar-refractivity contribution in [2.45, 2.75) is 134 Å². The lowest BCUT2D eigenvalue weighted by molar-refractivity contribution is -0.317. The van der Waals surface area contributed by atoms with Gasteiger partial charge in [-0.3, -0.25) is 19.2 Å². The minimum absolute atomic E-state index is 0.0123. The maximum Gasteiger partial charge on any atom is 0.337 e. The molecule has 0 amide bonds. The number of hydrogen-bond acceptors (Lipinski definition) is 11. The highest BCUT2D eigenvalue weighted by atomic mass is 16.8. The molecule has 1 saturated heterocycles. The molecule has 12 saturated carbocycles. The summed E-state index contributed by atoms with van der Waals surface area (Å²) < 4.78 is 32.1. The van der Waals surface area contributed by atoms with Gasteiger partial charge in [0.1, 0.15) is 37.0 Å². The third kappa shape index (κ3) is 5.09. The Labute approximate surface area is 304 Å². The van der Waals surface area contributed by atoms with E-state index < -0.39 is 40.4 Å². The second kappa shape index (κ2) is 11.3. The Morgan fingerprint density at radius 2 is 1.06 bits per heavy atom. The van der Waals surface area contributed by atoms with Crippen LogP contribution in [-0.2, 0) is 47.7 Å². The quantitative estimate of drug-likeness (QED) is 0.265. The summed E-state index contributed by atoms with van der Waals surface area (Å²) in [5, 5.41) is 10.2. The van der Waals surface area contributed by atoms with Crippen LogP contribution in [0.4, 0.5) is 0 Å². The molecule has 1 N–H and O–H groups in total. The second-order valence-electron chi connectivity index (χ2n) is 20.3. The van der Waals surface area contributed by atoms with E-state index in [1.165, 1.54) is 13.8 Å². The van der Waals surface area contributed by atoms with Gasteiger partial charge in [-0.05, 0) is 128 Å². The van der Waals surface area contributed by atoms with E-state index >= 15 is 0 Å². The lowest BCUT2D eigenvalue weighted by atomic mass is 9.47. The number of carbonyl (C=O) groups excluding carboxylic acids is 5. The van der Waals surface area contributed by atoms with Crippen molar-refractivity contribution >= 4 is 29.5 Å². The second-order valence-corrected chi connectivity index (χ2v) is 20.3. The fourth-order valence-electron chi connectivity index (χ4n) is 14.6. The lowest BCUT2D eigenvalue weighted by Gasteiger charge is -2.62. The zero-order valence-corrected chi connectivity index (χ0v) is 30.6. The Hall–Kier alpha value is -2.37. The van der Waals surface area contributed by atoms with Gasteiger partial charge in [-0.1, -0.05) is 0 Å². The average Bonchev–Trinajstić information content (AvgIpc) is 3.46. The molecule has 8 unspecified atom stereocenters. The van der Waals surface area contributed by atoms with E-state index in [4.69, 9.17) is 23.7 Å². The van der Waals surface area contributed by atoms with Crippen molar-refractivity contribution in [3.63, 3.8) is 0 Å². The third-order valence-corrected chi connectivity index (χ3v) is 16.2. The Bertz CT molecular complexity index is 1460. The SMILES string of the molecule is CC(C)(O)C(=O)OCC12CC3CC(C1)C1(OC(COC(=O)C45CC6CC(C4)C(=O)C(C6)C5)C(COC(=O)C45CC6CC(C4)C(=O)C(C6)C5)O1)C(C3)C2. The van der Waals surface area contributed by atoms with Gasteiger partial charge in [0.15, 0.2) is 11.4 Å². The van der Waals surface area contributed by atoms with Crippen molar-refractivity contribution in [1.29, 1.82) is 0 Å². The molecular formula is C41H54O11. The Morgan fingerprint density at radius 1 is 0.635 bits per heavy atom. The molecule has 8 atom stereocenters. The van der Waals surface area contributed by atoms with Crippen LogP contribution in [0.15, 0.2) is 0 Å². The minimum atomic E-state index is -1.56. The summed E-state index contributed by atoms with van der Waals surface area (Å²) >= 11 is 0. The molecule has 11 nitrogen and oxygen atoms in total. The molecule has 13 rings (SSSR count). The van der Waals surface area contributed by atoms with Gasteiger partial charge in [-0.2, -0.15) is 0 Å².